The Labute approximate surface area is 150 Å². The molecule has 2 aliphatic rings. The number of hydrogen-bond acceptors (Lipinski definition) is 3. The van der Waals surface area contributed by atoms with Crippen molar-refractivity contribution < 1.29 is 13.2 Å². The molecule has 1 saturated heterocycles. The summed E-state index contributed by atoms with van der Waals surface area (Å²) in [5.74, 6) is 0.320. The SMILES string of the molecule is CC(C)NC(=O)C[C@@H]1CC2(CCN(S(C)(=O)=O)CC2)c2ccccc21. The van der Waals surface area contributed by atoms with E-state index in [1.54, 1.807) is 4.31 Å². The van der Waals surface area contributed by atoms with Gasteiger partial charge in [-0.1, -0.05) is 24.3 Å². The van der Waals surface area contributed by atoms with Crippen LogP contribution in [0.3, 0.4) is 0 Å². The van der Waals surface area contributed by atoms with E-state index >= 15 is 0 Å². The number of hydrogen-bond donors (Lipinski definition) is 1. The minimum Gasteiger partial charge on any atom is -0.354 e. The molecule has 3 rings (SSSR count). The molecule has 1 heterocycles. The standard InChI is InChI=1S/C19H28N2O3S/c1-14(2)20-18(22)12-15-13-19(17-7-5-4-6-16(15)17)8-10-21(11-9-19)25(3,23)24/h4-7,14-15H,8-13H2,1-3H3,(H,20,22)/t15-/m1/s1. The molecule has 0 bridgehead atoms. The fraction of sp³-hybridized carbons (Fsp3) is 0.632. The molecule has 1 aliphatic carbocycles. The van der Waals surface area contributed by atoms with Crippen LogP contribution in [0, 0.1) is 0 Å². The maximum absolute atomic E-state index is 12.3. The topological polar surface area (TPSA) is 66.5 Å². The molecule has 25 heavy (non-hydrogen) atoms. The zero-order valence-electron chi connectivity index (χ0n) is 15.3. The fourth-order valence-electron chi connectivity index (χ4n) is 4.53. The Morgan fingerprint density at radius 2 is 1.92 bits per heavy atom. The highest BCUT2D eigenvalue weighted by Crippen LogP contribution is 2.52. The van der Waals surface area contributed by atoms with Gasteiger partial charge in [0.15, 0.2) is 0 Å². The molecule has 1 aromatic carbocycles. The maximum Gasteiger partial charge on any atom is 0.220 e. The van der Waals surface area contributed by atoms with Crippen LogP contribution in [-0.4, -0.2) is 44.0 Å². The number of nitrogens with one attached hydrogen (secondary N) is 1. The summed E-state index contributed by atoms with van der Waals surface area (Å²) in [6, 6.07) is 8.55. The Kier molecular flexibility index (Phi) is 4.95. The average molecular weight is 365 g/mol. The van der Waals surface area contributed by atoms with Crippen LogP contribution in [0.25, 0.3) is 0 Å². The summed E-state index contributed by atoms with van der Waals surface area (Å²) in [6.07, 6.45) is 4.40. The van der Waals surface area contributed by atoms with Gasteiger partial charge in [0.25, 0.3) is 0 Å². The third-order valence-corrected chi connectivity index (χ3v) is 6.94. The van der Waals surface area contributed by atoms with E-state index in [1.807, 2.05) is 19.9 Å². The molecule has 1 fully saturated rings. The van der Waals surface area contributed by atoms with Crippen LogP contribution < -0.4 is 5.32 Å². The van der Waals surface area contributed by atoms with Gasteiger partial charge in [-0.3, -0.25) is 4.79 Å². The second kappa shape index (κ2) is 6.72. The van der Waals surface area contributed by atoms with Gasteiger partial charge in [-0.2, -0.15) is 0 Å². The van der Waals surface area contributed by atoms with Gasteiger partial charge in [0.2, 0.25) is 15.9 Å². The number of amides is 1. The van der Waals surface area contributed by atoms with Crippen molar-refractivity contribution in [1.82, 2.24) is 9.62 Å². The van der Waals surface area contributed by atoms with Gasteiger partial charge >= 0.3 is 0 Å². The van der Waals surface area contributed by atoms with Crippen molar-refractivity contribution in [3.05, 3.63) is 35.4 Å². The van der Waals surface area contributed by atoms with Crippen molar-refractivity contribution in [3.63, 3.8) is 0 Å². The summed E-state index contributed by atoms with van der Waals surface area (Å²) in [4.78, 5) is 12.3. The van der Waals surface area contributed by atoms with E-state index in [4.69, 9.17) is 0 Å². The van der Waals surface area contributed by atoms with Crippen LogP contribution in [0.2, 0.25) is 0 Å². The van der Waals surface area contributed by atoms with E-state index in [2.05, 4.69) is 23.5 Å². The molecule has 6 heteroatoms. The molecule has 1 aromatic rings. The molecule has 1 N–H and O–H groups in total. The predicted octanol–water partition coefficient (Wildman–Crippen LogP) is 2.38. The van der Waals surface area contributed by atoms with Gasteiger partial charge < -0.3 is 5.32 Å². The Morgan fingerprint density at radius 3 is 2.52 bits per heavy atom. The molecule has 1 spiro atoms. The lowest BCUT2D eigenvalue weighted by molar-refractivity contribution is -0.122. The lowest BCUT2D eigenvalue weighted by Crippen LogP contribution is -2.44. The molecule has 1 aliphatic heterocycles. The second-order valence-electron chi connectivity index (χ2n) is 7.86. The van der Waals surface area contributed by atoms with Crippen LogP contribution >= 0.6 is 0 Å². The van der Waals surface area contributed by atoms with Crippen LogP contribution in [0.4, 0.5) is 0 Å². The summed E-state index contributed by atoms with van der Waals surface area (Å²) in [5.41, 5.74) is 2.61. The molecular formula is C19H28N2O3S. The number of carbonyl (C=O) groups excluding carboxylic acids is 1. The fourth-order valence-corrected chi connectivity index (χ4v) is 5.38. The highest BCUT2D eigenvalue weighted by molar-refractivity contribution is 7.88. The number of sulfonamides is 1. The smallest absolute Gasteiger partial charge is 0.220 e. The van der Waals surface area contributed by atoms with E-state index in [-0.39, 0.29) is 23.3 Å². The number of nitrogens with zero attached hydrogens (tertiary/aromatic N) is 1. The van der Waals surface area contributed by atoms with Gasteiger partial charge in [-0.05, 0) is 55.6 Å². The molecule has 1 atom stereocenters. The van der Waals surface area contributed by atoms with Gasteiger partial charge in [0.05, 0.1) is 6.26 Å². The normalized spacial score (nSPS) is 23.0. The van der Waals surface area contributed by atoms with Crippen molar-refractivity contribution in [1.29, 1.82) is 0 Å². The first-order valence-corrected chi connectivity index (χ1v) is 10.9. The van der Waals surface area contributed by atoms with Crippen molar-refractivity contribution in [2.75, 3.05) is 19.3 Å². The lowest BCUT2D eigenvalue weighted by atomic mass is 9.73. The molecular weight excluding hydrogens is 336 g/mol. The molecule has 0 unspecified atom stereocenters. The number of benzene rings is 1. The van der Waals surface area contributed by atoms with Gasteiger partial charge in [0, 0.05) is 25.6 Å². The summed E-state index contributed by atoms with van der Waals surface area (Å²) in [5, 5.41) is 2.99. The maximum atomic E-state index is 12.3. The largest absolute Gasteiger partial charge is 0.354 e. The average Bonchev–Trinajstić information content (AvgIpc) is 2.80. The van der Waals surface area contributed by atoms with Gasteiger partial charge in [-0.15, -0.1) is 0 Å². The van der Waals surface area contributed by atoms with Crippen molar-refractivity contribution >= 4 is 15.9 Å². The highest BCUT2D eigenvalue weighted by atomic mass is 32.2. The highest BCUT2D eigenvalue weighted by Gasteiger charge is 2.46. The molecule has 0 aromatic heterocycles. The molecule has 0 saturated carbocycles. The van der Waals surface area contributed by atoms with E-state index < -0.39 is 10.0 Å². The number of carbonyl (C=O) groups is 1. The Balaban J connectivity index is 1.80. The monoisotopic (exact) mass is 364 g/mol. The number of fused-ring (bicyclic) bond motifs is 2. The third-order valence-electron chi connectivity index (χ3n) is 5.64. The minimum atomic E-state index is -3.13. The van der Waals surface area contributed by atoms with Gasteiger partial charge in [0.1, 0.15) is 0 Å². The molecule has 0 radical (unpaired) electrons. The molecule has 5 nitrogen and oxygen atoms in total. The predicted molar refractivity (Wildman–Crippen MR) is 99.0 cm³/mol. The quantitative estimate of drug-likeness (QED) is 0.892. The number of rotatable bonds is 4. The first-order chi connectivity index (χ1) is 11.7. The molecule has 138 valence electrons. The second-order valence-corrected chi connectivity index (χ2v) is 9.84. The van der Waals surface area contributed by atoms with Crippen molar-refractivity contribution in [3.8, 4) is 0 Å². The summed E-state index contributed by atoms with van der Waals surface area (Å²) < 4.78 is 25.2. The Bertz CT molecular complexity index is 750. The summed E-state index contributed by atoms with van der Waals surface area (Å²) >= 11 is 0. The van der Waals surface area contributed by atoms with Crippen molar-refractivity contribution in [2.24, 2.45) is 0 Å². The van der Waals surface area contributed by atoms with Crippen molar-refractivity contribution in [2.45, 2.75) is 56.9 Å². The van der Waals surface area contributed by atoms with E-state index in [1.165, 1.54) is 17.4 Å². The minimum absolute atomic E-state index is 0.0144. The van der Waals surface area contributed by atoms with E-state index in [0.29, 0.717) is 19.5 Å². The Morgan fingerprint density at radius 1 is 1.28 bits per heavy atom. The van der Waals surface area contributed by atoms with Crippen LogP contribution in [-0.2, 0) is 20.2 Å². The van der Waals surface area contributed by atoms with Crippen LogP contribution in [0.1, 0.15) is 56.6 Å². The number of piperidine rings is 1. The van der Waals surface area contributed by atoms with E-state index in [9.17, 15) is 13.2 Å². The molecule has 1 amide bonds. The third kappa shape index (κ3) is 3.75. The zero-order valence-corrected chi connectivity index (χ0v) is 16.1. The van der Waals surface area contributed by atoms with Crippen LogP contribution in [0.5, 0.6) is 0 Å². The lowest BCUT2D eigenvalue weighted by Gasteiger charge is -2.39. The first kappa shape index (κ1) is 18.4. The van der Waals surface area contributed by atoms with E-state index in [0.717, 1.165) is 19.3 Å². The van der Waals surface area contributed by atoms with Gasteiger partial charge in [-0.25, -0.2) is 12.7 Å². The summed E-state index contributed by atoms with van der Waals surface area (Å²) in [6.45, 7) is 5.09. The van der Waals surface area contributed by atoms with Crippen LogP contribution in [0.15, 0.2) is 24.3 Å². The first-order valence-electron chi connectivity index (χ1n) is 9.05. The Hall–Kier alpha value is -1.40. The summed E-state index contributed by atoms with van der Waals surface area (Å²) in [7, 11) is -3.13. The zero-order chi connectivity index (χ0) is 18.2.